The van der Waals surface area contributed by atoms with Crippen molar-refractivity contribution in [3.63, 3.8) is 0 Å². The zero-order chi connectivity index (χ0) is 11.5. The largest absolute Gasteiger partial charge is 0.508 e. The SMILES string of the molecule is COc1ccc(F)c(-c2[c]cc(O)cc2)c1. The maximum Gasteiger partial charge on any atom is 0.131 e. The minimum Gasteiger partial charge on any atom is -0.508 e. The van der Waals surface area contributed by atoms with Gasteiger partial charge >= 0.3 is 0 Å². The van der Waals surface area contributed by atoms with Gasteiger partial charge in [-0.1, -0.05) is 0 Å². The van der Waals surface area contributed by atoms with Crippen LogP contribution in [0.3, 0.4) is 0 Å². The Hall–Kier alpha value is -2.03. The van der Waals surface area contributed by atoms with Crippen molar-refractivity contribution in [2.75, 3.05) is 7.11 Å². The molecule has 0 aliphatic carbocycles. The molecule has 0 bridgehead atoms. The maximum atomic E-state index is 13.6. The van der Waals surface area contributed by atoms with E-state index in [-0.39, 0.29) is 11.6 Å². The number of aromatic hydroxyl groups is 1. The van der Waals surface area contributed by atoms with Gasteiger partial charge in [0.25, 0.3) is 0 Å². The van der Waals surface area contributed by atoms with Gasteiger partial charge in [0.05, 0.1) is 7.11 Å². The van der Waals surface area contributed by atoms with E-state index >= 15 is 0 Å². The van der Waals surface area contributed by atoms with Gasteiger partial charge in [-0.2, -0.15) is 0 Å². The summed E-state index contributed by atoms with van der Waals surface area (Å²) in [5.41, 5.74) is 0.980. The summed E-state index contributed by atoms with van der Waals surface area (Å²) in [6, 6.07) is 11.8. The third kappa shape index (κ3) is 1.98. The van der Waals surface area contributed by atoms with E-state index in [2.05, 4.69) is 6.07 Å². The molecule has 0 spiro atoms. The Kier molecular flexibility index (Phi) is 2.77. The van der Waals surface area contributed by atoms with Crippen LogP contribution in [0.4, 0.5) is 4.39 Å². The standard InChI is InChI=1S/C13H10FO2/c1-16-11-6-7-13(14)12(8-11)9-2-4-10(15)5-3-9/h2,4-8,15H,1H3. The van der Waals surface area contributed by atoms with Crippen LogP contribution in [-0.2, 0) is 0 Å². The molecule has 2 aromatic carbocycles. The van der Waals surface area contributed by atoms with Crippen LogP contribution in [0.15, 0.2) is 36.4 Å². The van der Waals surface area contributed by atoms with Gasteiger partial charge in [0.15, 0.2) is 0 Å². The molecule has 2 rings (SSSR count). The average molecular weight is 217 g/mol. The first kappa shape index (κ1) is 10.5. The summed E-state index contributed by atoms with van der Waals surface area (Å²) in [5.74, 6) is 0.340. The molecule has 81 valence electrons. The second kappa shape index (κ2) is 4.23. The highest BCUT2D eigenvalue weighted by Gasteiger charge is 2.06. The van der Waals surface area contributed by atoms with Crippen LogP contribution in [0.5, 0.6) is 11.5 Å². The minimum absolute atomic E-state index is 0.104. The van der Waals surface area contributed by atoms with E-state index < -0.39 is 0 Å². The Labute approximate surface area is 92.9 Å². The van der Waals surface area contributed by atoms with Crippen LogP contribution >= 0.6 is 0 Å². The average Bonchev–Trinajstić information content (AvgIpc) is 2.31. The zero-order valence-electron chi connectivity index (χ0n) is 8.70. The molecular weight excluding hydrogens is 207 g/mol. The molecule has 0 amide bonds. The summed E-state index contributed by atoms with van der Waals surface area (Å²) in [4.78, 5) is 0. The number of hydrogen-bond acceptors (Lipinski definition) is 2. The fourth-order valence-corrected chi connectivity index (χ4v) is 1.42. The molecule has 0 fully saturated rings. The first-order chi connectivity index (χ1) is 7.70. The Morgan fingerprint density at radius 3 is 2.69 bits per heavy atom. The topological polar surface area (TPSA) is 29.5 Å². The maximum absolute atomic E-state index is 13.6. The van der Waals surface area contributed by atoms with Crippen molar-refractivity contribution in [3.05, 3.63) is 48.3 Å². The van der Waals surface area contributed by atoms with Gasteiger partial charge in [0.2, 0.25) is 0 Å². The van der Waals surface area contributed by atoms with Crippen LogP contribution < -0.4 is 4.74 Å². The van der Waals surface area contributed by atoms with Gasteiger partial charge in [0, 0.05) is 5.56 Å². The van der Waals surface area contributed by atoms with Crippen molar-refractivity contribution in [3.8, 4) is 22.6 Å². The molecule has 3 heteroatoms. The molecule has 0 atom stereocenters. The van der Waals surface area contributed by atoms with Crippen molar-refractivity contribution in [1.82, 2.24) is 0 Å². The number of methoxy groups -OCH3 is 1. The summed E-state index contributed by atoms with van der Waals surface area (Å²) in [5, 5.41) is 9.12. The molecule has 0 saturated carbocycles. The molecule has 1 N–H and O–H groups in total. The molecule has 2 aromatic rings. The molecule has 1 radical (unpaired) electrons. The van der Waals surface area contributed by atoms with Crippen molar-refractivity contribution in [2.45, 2.75) is 0 Å². The lowest BCUT2D eigenvalue weighted by atomic mass is 10.0. The fraction of sp³-hybridized carbons (Fsp3) is 0.0769. The van der Waals surface area contributed by atoms with Gasteiger partial charge in [-0.15, -0.1) is 0 Å². The predicted octanol–water partition coefficient (Wildman–Crippen LogP) is 3.01. The van der Waals surface area contributed by atoms with Crippen LogP contribution in [0, 0.1) is 11.9 Å². The number of ether oxygens (including phenoxy) is 1. The van der Waals surface area contributed by atoms with E-state index in [1.807, 2.05) is 0 Å². The molecule has 0 saturated heterocycles. The van der Waals surface area contributed by atoms with Crippen molar-refractivity contribution in [1.29, 1.82) is 0 Å². The zero-order valence-corrected chi connectivity index (χ0v) is 8.70. The first-order valence-corrected chi connectivity index (χ1v) is 4.75. The van der Waals surface area contributed by atoms with Crippen LogP contribution in [0.1, 0.15) is 0 Å². The summed E-state index contributed by atoms with van der Waals surface area (Å²) in [6.45, 7) is 0. The van der Waals surface area contributed by atoms with E-state index in [4.69, 9.17) is 9.84 Å². The summed E-state index contributed by atoms with van der Waals surface area (Å²) < 4.78 is 18.6. The number of phenolic OH excluding ortho intramolecular Hbond substituents is 1. The molecule has 0 aromatic heterocycles. The third-order valence-electron chi connectivity index (χ3n) is 2.26. The van der Waals surface area contributed by atoms with Gasteiger partial charge in [0.1, 0.15) is 17.3 Å². The van der Waals surface area contributed by atoms with E-state index in [1.165, 1.54) is 25.3 Å². The van der Waals surface area contributed by atoms with Gasteiger partial charge in [-0.25, -0.2) is 4.39 Å². The Morgan fingerprint density at radius 2 is 2.06 bits per heavy atom. The molecule has 0 heterocycles. The highest BCUT2D eigenvalue weighted by molar-refractivity contribution is 5.65. The van der Waals surface area contributed by atoms with Crippen LogP contribution in [0.2, 0.25) is 0 Å². The number of rotatable bonds is 2. The van der Waals surface area contributed by atoms with Crippen molar-refractivity contribution in [2.24, 2.45) is 0 Å². The molecule has 0 aliphatic heterocycles. The van der Waals surface area contributed by atoms with Gasteiger partial charge in [-0.05, 0) is 48.0 Å². The van der Waals surface area contributed by atoms with Crippen molar-refractivity contribution < 1.29 is 14.2 Å². The van der Waals surface area contributed by atoms with E-state index in [0.29, 0.717) is 16.9 Å². The van der Waals surface area contributed by atoms with E-state index in [1.54, 1.807) is 18.2 Å². The lowest BCUT2D eigenvalue weighted by Gasteiger charge is -2.06. The highest BCUT2D eigenvalue weighted by atomic mass is 19.1. The Balaban J connectivity index is 2.50. The lowest BCUT2D eigenvalue weighted by molar-refractivity contribution is 0.414. The quantitative estimate of drug-likeness (QED) is 0.837. The molecule has 2 nitrogen and oxygen atoms in total. The smallest absolute Gasteiger partial charge is 0.131 e. The lowest BCUT2D eigenvalue weighted by Crippen LogP contribution is -1.88. The Bertz CT molecular complexity index is 492. The first-order valence-electron chi connectivity index (χ1n) is 4.75. The summed E-state index contributed by atoms with van der Waals surface area (Å²) in [7, 11) is 1.53. The third-order valence-corrected chi connectivity index (χ3v) is 2.26. The van der Waals surface area contributed by atoms with Crippen molar-refractivity contribution >= 4 is 0 Å². The predicted molar refractivity (Wildman–Crippen MR) is 58.9 cm³/mol. The molecule has 16 heavy (non-hydrogen) atoms. The highest BCUT2D eigenvalue weighted by Crippen LogP contribution is 2.27. The number of hydrogen-bond donors (Lipinski definition) is 1. The second-order valence-corrected chi connectivity index (χ2v) is 3.31. The second-order valence-electron chi connectivity index (χ2n) is 3.31. The van der Waals surface area contributed by atoms with Crippen LogP contribution in [0.25, 0.3) is 11.1 Å². The fourth-order valence-electron chi connectivity index (χ4n) is 1.42. The van der Waals surface area contributed by atoms with Gasteiger partial charge in [-0.3, -0.25) is 0 Å². The van der Waals surface area contributed by atoms with E-state index in [0.717, 1.165) is 0 Å². The van der Waals surface area contributed by atoms with E-state index in [9.17, 15) is 4.39 Å². The monoisotopic (exact) mass is 217 g/mol. The molecule has 0 aliphatic rings. The summed E-state index contributed by atoms with van der Waals surface area (Å²) >= 11 is 0. The minimum atomic E-state index is -0.345. The molecular formula is C13H10FO2. The number of benzene rings is 2. The summed E-state index contributed by atoms with van der Waals surface area (Å²) in [6.07, 6.45) is 0. The Morgan fingerprint density at radius 1 is 1.25 bits per heavy atom. The van der Waals surface area contributed by atoms with Crippen LogP contribution in [-0.4, -0.2) is 12.2 Å². The number of halogens is 1. The number of phenols is 1. The normalized spacial score (nSPS) is 10.1. The molecule has 0 unspecified atom stereocenters. The van der Waals surface area contributed by atoms with Gasteiger partial charge < -0.3 is 9.84 Å².